The van der Waals surface area contributed by atoms with Gasteiger partial charge in [-0.15, -0.1) is 0 Å². The molecule has 29 heavy (non-hydrogen) atoms. The van der Waals surface area contributed by atoms with Gasteiger partial charge in [-0.2, -0.15) is 4.37 Å². The molecule has 2 aromatic rings. The third-order valence-corrected chi connectivity index (χ3v) is 5.59. The first-order chi connectivity index (χ1) is 14.1. The molecule has 1 N–H and O–H groups in total. The van der Waals surface area contributed by atoms with Crippen molar-refractivity contribution in [3.8, 4) is 0 Å². The van der Waals surface area contributed by atoms with Crippen molar-refractivity contribution in [3.05, 3.63) is 41.0 Å². The van der Waals surface area contributed by atoms with E-state index < -0.39 is 0 Å². The number of nitrogens with one attached hydrogen (secondary N) is 1. The Kier molecular flexibility index (Phi) is 7.76. The van der Waals surface area contributed by atoms with E-state index in [1.807, 2.05) is 6.07 Å². The molecule has 0 spiro atoms. The highest BCUT2D eigenvalue weighted by Crippen LogP contribution is 2.19. The molecule has 7 nitrogen and oxygen atoms in total. The predicted molar refractivity (Wildman–Crippen MR) is 115 cm³/mol. The minimum Gasteiger partial charge on any atom is -0.380 e. The summed E-state index contributed by atoms with van der Waals surface area (Å²) >= 11 is 1.47. The molecule has 0 saturated carbocycles. The molecule has 9 heteroatoms. The molecule has 1 aliphatic rings. The second-order valence-corrected chi connectivity index (χ2v) is 7.58. The second-order valence-electron chi connectivity index (χ2n) is 6.85. The van der Waals surface area contributed by atoms with Crippen LogP contribution in [-0.2, 0) is 24.3 Å². The van der Waals surface area contributed by atoms with Crippen LogP contribution in [0.1, 0.15) is 30.8 Å². The third kappa shape index (κ3) is 5.63. The van der Waals surface area contributed by atoms with Crippen LogP contribution in [0.3, 0.4) is 0 Å². The number of aromatic nitrogens is 2. The molecule has 1 aromatic heterocycles. The predicted octanol–water partition coefficient (Wildman–Crippen LogP) is 2.67. The van der Waals surface area contributed by atoms with Crippen LogP contribution in [0.4, 0.5) is 9.52 Å². The van der Waals surface area contributed by atoms with Crippen LogP contribution in [0.15, 0.2) is 23.2 Å². The minimum absolute atomic E-state index is 0.245. The van der Waals surface area contributed by atoms with Gasteiger partial charge in [-0.3, -0.25) is 0 Å². The van der Waals surface area contributed by atoms with E-state index in [4.69, 9.17) is 9.73 Å². The summed E-state index contributed by atoms with van der Waals surface area (Å²) in [6.45, 7) is 9.20. The molecule has 158 valence electrons. The van der Waals surface area contributed by atoms with Crippen molar-refractivity contribution >= 4 is 22.6 Å². The maximum absolute atomic E-state index is 13.8. The van der Waals surface area contributed by atoms with Gasteiger partial charge >= 0.3 is 0 Å². The molecular formula is C20H29FN6OS. The van der Waals surface area contributed by atoms with Gasteiger partial charge in [-0.05, 0) is 24.6 Å². The van der Waals surface area contributed by atoms with Crippen LogP contribution in [-0.4, -0.2) is 60.1 Å². The Morgan fingerprint density at radius 1 is 1.28 bits per heavy atom. The highest BCUT2D eigenvalue weighted by molar-refractivity contribution is 7.09. The zero-order valence-electron chi connectivity index (χ0n) is 17.3. The van der Waals surface area contributed by atoms with Crippen molar-refractivity contribution in [2.24, 2.45) is 4.99 Å². The quantitative estimate of drug-likeness (QED) is 0.549. The Bertz CT molecular complexity index is 819. The number of anilines is 1. The average Bonchev–Trinajstić information content (AvgIpc) is 3.23. The molecule has 2 heterocycles. The number of halogens is 1. The van der Waals surface area contributed by atoms with Crippen molar-refractivity contribution in [1.29, 1.82) is 0 Å². The number of hydrogen-bond donors (Lipinski definition) is 1. The zero-order valence-corrected chi connectivity index (χ0v) is 18.1. The largest absolute Gasteiger partial charge is 0.380 e. The van der Waals surface area contributed by atoms with E-state index in [-0.39, 0.29) is 12.4 Å². The molecule has 3 rings (SSSR count). The number of aliphatic imine (C=N–C) groups is 1. The maximum Gasteiger partial charge on any atom is 0.205 e. The van der Waals surface area contributed by atoms with E-state index >= 15 is 0 Å². The molecule has 0 unspecified atom stereocenters. The van der Waals surface area contributed by atoms with Gasteiger partial charge in [0, 0.05) is 63.4 Å². The molecule has 0 bridgehead atoms. The molecule has 0 atom stereocenters. The maximum atomic E-state index is 13.8. The topological polar surface area (TPSA) is 65.9 Å². The fourth-order valence-electron chi connectivity index (χ4n) is 3.21. The van der Waals surface area contributed by atoms with E-state index in [0.717, 1.165) is 61.6 Å². The molecule has 0 aliphatic carbocycles. The summed E-state index contributed by atoms with van der Waals surface area (Å²) in [6, 6.07) is 5.09. The molecule has 0 amide bonds. The van der Waals surface area contributed by atoms with E-state index in [2.05, 4.69) is 38.3 Å². The molecule has 1 aromatic carbocycles. The Morgan fingerprint density at radius 3 is 2.72 bits per heavy atom. The summed E-state index contributed by atoms with van der Waals surface area (Å²) in [5, 5.41) is 4.38. The van der Waals surface area contributed by atoms with Gasteiger partial charge in [0.25, 0.3) is 0 Å². The highest BCUT2D eigenvalue weighted by atomic mass is 32.1. The number of piperazine rings is 1. The molecular weight excluding hydrogens is 391 g/mol. The first-order valence-corrected chi connectivity index (χ1v) is 10.8. The number of nitrogens with zero attached hydrogens (tertiary/aromatic N) is 5. The molecule has 1 saturated heterocycles. The van der Waals surface area contributed by atoms with Crippen LogP contribution < -0.4 is 10.2 Å². The lowest BCUT2D eigenvalue weighted by molar-refractivity contribution is 0.181. The van der Waals surface area contributed by atoms with Gasteiger partial charge in [0.1, 0.15) is 11.6 Å². The monoisotopic (exact) mass is 420 g/mol. The Labute approximate surface area is 175 Å². The van der Waals surface area contributed by atoms with Crippen molar-refractivity contribution in [3.63, 3.8) is 0 Å². The Hall–Kier alpha value is -2.26. The van der Waals surface area contributed by atoms with E-state index in [1.54, 1.807) is 13.2 Å². The fourth-order valence-corrected chi connectivity index (χ4v) is 4.01. The number of guanidine groups is 1. The van der Waals surface area contributed by atoms with Crippen LogP contribution >= 0.6 is 11.5 Å². The molecule has 1 fully saturated rings. The van der Waals surface area contributed by atoms with E-state index in [0.29, 0.717) is 12.1 Å². The summed E-state index contributed by atoms with van der Waals surface area (Å²) in [6.07, 6.45) is 0.864. The third-order valence-electron chi connectivity index (χ3n) is 4.78. The Balaban J connectivity index is 1.63. The number of hydrogen-bond acceptors (Lipinski definition) is 6. The van der Waals surface area contributed by atoms with Crippen LogP contribution in [0, 0.1) is 5.82 Å². The first-order valence-electron chi connectivity index (χ1n) is 10.0. The minimum atomic E-state index is -0.245. The number of benzene rings is 1. The van der Waals surface area contributed by atoms with E-state index in [9.17, 15) is 4.39 Å². The van der Waals surface area contributed by atoms with Gasteiger partial charge in [0.15, 0.2) is 5.96 Å². The van der Waals surface area contributed by atoms with Gasteiger partial charge in [-0.25, -0.2) is 14.4 Å². The van der Waals surface area contributed by atoms with Gasteiger partial charge in [0.2, 0.25) is 5.13 Å². The fraction of sp³-hybridized carbons (Fsp3) is 0.550. The average molecular weight is 421 g/mol. The summed E-state index contributed by atoms with van der Waals surface area (Å²) in [4.78, 5) is 13.9. The lowest BCUT2D eigenvalue weighted by atomic mass is 10.1. The number of rotatable bonds is 7. The lowest BCUT2D eigenvalue weighted by Gasteiger charge is -2.36. The standard InChI is InChI=1S/C20H29FN6OS/c1-4-18-24-20(29-25-18)27-10-8-26(9-11-27)19(22-5-2)23-13-15-6-7-17(21)16(12-15)14-28-3/h6-7,12H,4-5,8-11,13-14H2,1-3H3,(H,22,23). The Morgan fingerprint density at radius 2 is 2.07 bits per heavy atom. The number of aryl methyl sites for hydroxylation is 1. The van der Waals surface area contributed by atoms with Crippen molar-refractivity contribution in [1.82, 2.24) is 19.6 Å². The van der Waals surface area contributed by atoms with Gasteiger partial charge in [0.05, 0.1) is 13.2 Å². The lowest BCUT2D eigenvalue weighted by Crippen LogP contribution is -2.52. The van der Waals surface area contributed by atoms with Crippen molar-refractivity contribution in [2.75, 3.05) is 44.7 Å². The normalized spacial score (nSPS) is 15.1. The summed E-state index contributed by atoms with van der Waals surface area (Å²) < 4.78 is 23.3. The number of ether oxygens (including phenoxy) is 1. The van der Waals surface area contributed by atoms with E-state index in [1.165, 1.54) is 17.6 Å². The SMILES string of the molecule is CCNC(=NCc1ccc(F)c(COC)c1)N1CCN(c2nc(CC)ns2)CC1. The molecule has 1 aliphatic heterocycles. The number of methoxy groups -OCH3 is 1. The van der Waals surface area contributed by atoms with Gasteiger partial charge < -0.3 is 19.9 Å². The van der Waals surface area contributed by atoms with Gasteiger partial charge in [-0.1, -0.05) is 13.0 Å². The van der Waals surface area contributed by atoms with Crippen LogP contribution in [0.5, 0.6) is 0 Å². The first kappa shape index (κ1) is 21.4. The zero-order chi connectivity index (χ0) is 20.6. The summed E-state index contributed by atoms with van der Waals surface area (Å²) in [7, 11) is 1.57. The van der Waals surface area contributed by atoms with Crippen molar-refractivity contribution < 1.29 is 9.13 Å². The summed E-state index contributed by atoms with van der Waals surface area (Å²) in [5.74, 6) is 1.55. The highest BCUT2D eigenvalue weighted by Gasteiger charge is 2.22. The smallest absolute Gasteiger partial charge is 0.205 e. The second kappa shape index (κ2) is 10.5. The van der Waals surface area contributed by atoms with Crippen molar-refractivity contribution in [2.45, 2.75) is 33.4 Å². The van der Waals surface area contributed by atoms with Crippen LogP contribution in [0.2, 0.25) is 0 Å². The summed E-state index contributed by atoms with van der Waals surface area (Å²) in [5.41, 5.74) is 1.52. The van der Waals surface area contributed by atoms with Crippen LogP contribution in [0.25, 0.3) is 0 Å². The molecule has 0 radical (unpaired) electrons.